The van der Waals surface area contributed by atoms with E-state index in [1.54, 1.807) is 20.8 Å². The molecule has 1 aromatic heterocycles. The van der Waals surface area contributed by atoms with Crippen molar-refractivity contribution in [2.24, 2.45) is 10.7 Å². The van der Waals surface area contributed by atoms with Gasteiger partial charge in [0.25, 0.3) is 0 Å². The van der Waals surface area contributed by atoms with Crippen molar-refractivity contribution in [2.45, 2.75) is 50.8 Å². The number of carbonyl (C=O) groups is 1. The summed E-state index contributed by atoms with van der Waals surface area (Å²) < 4.78 is 39.4. The molecule has 0 unspecified atom stereocenters. The van der Waals surface area contributed by atoms with Gasteiger partial charge < -0.3 is 5.73 Å². The molecule has 0 bridgehead atoms. The third-order valence-electron chi connectivity index (χ3n) is 5.78. The number of carbonyl (C=O) groups excluding carboxylic acids is 1. The normalized spacial score (nSPS) is 25.6. The molecule has 0 aliphatic carbocycles. The molecule has 2 N–H and O–H groups in total. The fourth-order valence-corrected chi connectivity index (χ4v) is 5.63. The molecule has 2 aromatic rings. The van der Waals surface area contributed by atoms with Crippen LogP contribution >= 0.6 is 0 Å². The Balaban J connectivity index is 1.99. The highest BCUT2D eigenvalue weighted by atomic mass is 32.2. The van der Waals surface area contributed by atoms with Gasteiger partial charge in [-0.15, -0.1) is 0 Å². The summed E-state index contributed by atoms with van der Waals surface area (Å²) in [5.74, 6) is -1.28. The Morgan fingerprint density at radius 3 is 2.50 bits per heavy atom. The molecule has 2 heterocycles. The summed E-state index contributed by atoms with van der Waals surface area (Å²) in [4.78, 5) is 25.1. The van der Waals surface area contributed by atoms with Crippen LogP contribution in [-0.4, -0.2) is 40.5 Å². The van der Waals surface area contributed by atoms with E-state index in [0.717, 1.165) is 0 Å². The molecule has 1 aliphatic rings. The van der Waals surface area contributed by atoms with Gasteiger partial charge in [-0.2, -0.15) is 0 Å². The molecule has 30 heavy (non-hydrogen) atoms. The number of nitrogens with zero attached hydrogens (tertiary/aromatic N) is 3. The van der Waals surface area contributed by atoms with Gasteiger partial charge in [0.1, 0.15) is 27.6 Å². The van der Waals surface area contributed by atoms with Crippen LogP contribution in [0.4, 0.5) is 4.39 Å². The number of aliphatic imine (C=N–C) groups is 1. The van der Waals surface area contributed by atoms with Crippen molar-refractivity contribution in [1.82, 2.24) is 9.97 Å². The van der Waals surface area contributed by atoms with Crippen LogP contribution in [0.5, 0.6) is 0 Å². The molecule has 0 radical (unpaired) electrons. The lowest BCUT2D eigenvalue weighted by Gasteiger charge is -2.39. The molecular weight excluding hydrogens is 407 g/mol. The highest BCUT2D eigenvalue weighted by Gasteiger charge is 2.51. The van der Waals surface area contributed by atoms with Crippen LogP contribution in [0.25, 0.3) is 0 Å². The van der Waals surface area contributed by atoms with Gasteiger partial charge >= 0.3 is 0 Å². The average Bonchev–Trinajstić information content (AvgIpc) is 2.67. The summed E-state index contributed by atoms with van der Waals surface area (Å²) in [7, 11) is -3.69. The summed E-state index contributed by atoms with van der Waals surface area (Å²) in [6, 6.07) is 4.19. The highest BCUT2D eigenvalue weighted by molar-refractivity contribution is 7.93. The average molecular weight is 433 g/mol. The lowest BCUT2D eigenvalue weighted by Crippen LogP contribution is -2.56. The quantitative estimate of drug-likeness (QED) is 0.726. The predicted octanol–water partition coefficient (Wildman–Crippen LogP) is 2.52. The molecule has 3 rings (SSSR count). The highest BCUT2D eigenvalue weighted by Crippen LogP contribution is 2.39. The van der Waals surface area contributed by atoms with Crippen molar-refractivity contribution in [3.63, 3.8) is 0 Å². The molecule has 1 aliphatic heterocycles. The van der Waals surface area contributed by atoms with Crippen molar-refractivity contribution in [3.05, 3.63) is 58.9 Å². The maximum atomic E-state index is 14.7. The maximum Gasteiger partial charge on any atom is 0.187 e. The largest absolute Gasteiger partial charge is 0.386 e. The maximum absolute atomic E-state index is 14.7. The molecule has 0 saturated carbocycles. The van der Waals surface area contributed by atoms with Gasteiger partial charge in [0.15, 0.2) is 15.6 Å². The first-order valence-corrected chi connectivity index (χ1v) is 11.3. The number of ketones is 1. The zero-order valence-electron chi connectivity index (χ0n) is 17.4. The van der Waals surface area contributed by atoms with Crippen molar-refractivity contribution >= 4 is 21.5 Å². The van der Waals surface area contributed by atoms with Crippen molar-refractivity contribution in [3.8, 4) is 0 Å². The summed E-state index contributed by atoms with van der Waals surface area (Å²) in [6.07, 6.45) is 3.14. The summed E-state index contributed by atoms with van der Waals surface area (Å²) in [5.41, 5.74) is 6.18. The van der Waals surface area contributed by atoms with Gasteiger partial charge in [0.05, 0.1) is 17.6 Å². The zero-order chi connectivity index (χ0) is 22.3. The minimum atomic E-state index is -3.69. The molecule has 7 nitrogen and oxygen atoms in total. The van der Waals surface area contributed by atoms with Crippen LogP contribution in [0.2, 0.25) is 0 Å². The Labute approximate surface area is 175 Å². The number of aromatic nitrogens is 2. The van der Waals surface area contributed by atoms with Crippen molar-refractivity contribution in [1.29, 1.82) is 0 Å². The van der Waals surface area contributed by atoms with Crippen molar-refractivity contribution in [2.75, 3.05) is 5.75 Å². The molecule has 0 spiro atoms. The van der Waals surface area contributed by atoms with E-state index in [4.69, 9.17) is 5.73 Å². The molecular formula is C21H25FN4O3S. The lowest BCUT2D eigenvalue weighted by molar-refractivity contribution is 0.0987. The fourth-order valence-electron chi connectivity index (χ4n) is 3.55. The number of halogens is 1. The summed E-state index contributed by atoms with van der Waals surface area (Å²) in [5, 5.41) is 0. The molecule has 160 valence electrons. The SMILES string of the molecule is CC[C@@]1(C)C(N)=N[C@](C)(c2cc(CC(=O)c3cnc(C)cn3)ccc2F)CS1(=O)=O. The fraction of sp³-hybridized carbons (Fsp3) is 0.429. The van der Waals surface area contributed by atoms with Gasteiger partial charge in [-0.25, -0.2) is 17.8 Å². The number of nitrogens with two attached hydrogens (primary N) is 1. The topological polar surface area (TPSA) is 115 Å². The first-order valence-electron chi connectivity index (χ1n) is 9.61. The summed E-state index contributed by atoms with van der Waals surface area (Å²) >= 11 is 0. The number of hydrogen-bond acceptors (Lipinski definition) is 7. The molecule has 0 amide bonds. The Morgan fingerprint density at radius 1 is 1.23 bits per heavy atom. The second kappa shape index (κ2) is 7.54. The third-order valence-corrected chi connectivity index (χ3v) is 8.60. The third kappa shape index (κ3) is 3.74. The standard InChI is InChI=1S/C21H25FN4O3S/c1-5-21(4)19(23)26-20(3,12-30(21,28)29)15-8-14(6-7-16(15)22)9-18(27)17-11-24-13(2)10-25-17/h6-8,10-11H,5,9,12H2,1-4H3,(H2,23,26)/t20-,21-/m0/s1. The second-order valence-corrected chi connectivity index (χ2v) is 10.5. The Morgan fingerprint density at radius 2 is 1.93 bits per heavy atom. The van der Waals surface area contributed by atoms with E-state index >= 15 is 0 Å². The molecule has 0 saturated heterocycles. The van der Waals surface area contributed by atoms with Crippen LogP contribution in [0.3, 0.4) is 0 Å². The number of Topliss-reactive ketones (excluding diaryl/α,β-unsaturated/α-hetero) is 1. The number of sulfone groups is 1. The van der Waals surface area contributed by atoms with Gasteiger partial charge in [-0.3, -0.25) is 14.8 Å². The van der Waals surface area contributed by atoms with Gasteiger partial charge in [0, 0.05) is 18.2 Å². The lowest BCUT2D eigenvalue weighted by atomic mass is 9.90. The van der Waals surface area contributed by atoms with Gasteiger partial charge in [0.2, 0.25) is 0 Å². The van der Waals surface area contributed by atoms with E-state index in [1.165, 1.54) is 37.5 Å². The number of benzene rings is 1. The van der Waals surface area contributed by atoms with E-state index in [2.05, 4.69) is 15.0 Å². The number of rotatable bonds is 5. The Bertz CT molecular complexity index is 1130. The Hall–Kier alpha value is -2.68. The Kier molecular flexibility index (Phi) is 5.53. The number of aryl methyl sites for hydroxylation is 1. The van der Waals surface area contributed by atoms with Crippen molar-refractivity contribution < 1.29 is 17.6 Å². The predicted molar refractivity (Wildman–Crippen MR) is 113 cm³/mol. The van der Waals surface area contributed by atoms with E-state index in [-0.39, 0.29) is 41.5 Å². The van der Waals surface area contributed by atoms with Crippen LogP contribution in [0, 0.1) is 12.7 Å². The van der Waals surface area contributed by atoms with E-state index in [0.29, 0.717) is 11.3 Å². The number of amidine groups is 1. The first-order chi connectivity index (χ1) is 13.9. The van der Waals surface area contributed by atoms with E-state index in [1.807, 2.05) is 0 Å². The van der Waals surface area contributed by atoms with E-state index < -0.39 is 25.9 Å². The zero-order valence-corrected chi connectivity index (χ0v) is 18.3. The van der Waals surface area contributed by atoms with E-state index in [9.17, 15) is 17.6 Å². The van der Waals surface area contributed by atoms with Crippen LogP contribution in [0.15, 0.2) is 35.6 Å². The van der Waals surface area contributed by atoms with Crippen LogP contribution < -0.4 is 5.73 Å². The molecule has 1 aromatic carbocycles. The molecule has 9 heteroatoms. The van der Waals surface area contributed by atoms with Crippen LogP contribution in [0.1, 0.15) is 54.5 Å². The molecule has 0 fully saturated rings. The summed E-state index contributed by atoms with van der Waals surface area (Å²) in [6.45, 7) is 6.57. The molecule has 2 atom stereocenters. The minimum absolute atomic E-state index is 0.0281. The smallest absolute Gasteiger partial charge is 0.187 e. The van der Waals surface area contributed by atoms with Gasteiger partial charge in [-0.1, -0.05) is 13.0 Å². The second-order valence-electron chi connectivity index (χ2n) is 8.07. The first kappa shape index (κ1) is 22.0. The number of hydrogen-bond donors (Lipinski definition) is 1. The van der Waals surface area contributed by atoms with Crippen LogP contribution in [-0.2, 0) is 21.8 Å². The monoisotopic (exact) mass is 432 g/mol. The van der Waals surface area contributed by atoms with Gasteiger partial charge in [-0.05, 0) is 44.9 Å². The minimum Gasteiger partial charge on any atom is -0.386 e.